The molecule has 0 fully saturated rings. The summed E-state index contributed by atoms with van der Waals surface area (Å²) in [5.41, 5.74) is 8.97. The molecule has 0 bridgehead atoms. The van der Waals surface area contributed by atoms with Crippen molar-refractivity contribution >= 4 is 46.9 Å². The fourth-order valence-corrected chi connectivity index (χ4v) is 3.23. The first-order valence-corrected chi connectivity index (χ1v) is 23.3. The molecule has 0 unspecified atom stereocenters. The van der Waals surface area contributed by atoms with Crippen molar-refractivity contribution in [1.29, 1.82) is 0 Å². The first-order chi connectivity index (χ1) is 11.9. The molecule has 0 N–H and O–H groups in total. The minimum absolute atomic E-state index is 0.170. The molecule has 0 atom stereocenters. The Hall–Kier alpha value is 0.523. The second kappa shape index (κ2) is 12.1. The molecule has 0 radical (unpaired) electrons. The minimum atomic E-state index is 0.170. The molecule has 0 amide bonds. The van der Waals surface area contributed by atoms with E-state index in [-0.39, 0.29) is 14.9 Å². The quantitative estimate of drug-likeness (QED) is 0.196. The van der Waals surface area contributed by atoms with Gasteiger partial charge in [0.15, 0.2) is 0 Å². The molecular formula is C22H28I2Zr. The van der Waals surface area contributed by atoms with Crippen LogP contribution in [0.2, 0.25) is 0 Å². The first-order valence-electron chi connectivity index (χ1n) is 8.67. The van der Waals surface area contributed by atoms with Crippen molar-refractivity contribution in [2.24, 2.45) is 0 Å². The SMILES string of the molecule is CCCc1c(C)c(C)c(C)[c-]1C.Cc1cc2ccccc2[cH-]1.[I][Zr+2][I]. The summed E-state index contributed by atoms with van der Waals surface area (Å²) < 4.78 is 0. The van der Waals surface area contributed by atoms with E-state index in [2.05, 4.69) is 114 Å². The van der Waals surface area contributed by atoms with E-state index in [1.807, 2.05) is 0 Å². The fourth-order valence-electron chi connectivity index (χ4n) is 3.23. The maximum atomic E-state index is 2.45. The Morgan fingerprint density at radius 3 is 2.12 bits per heavy atom. The number of halogens is 2. The van der Waals surface area contributed by atoms with Crippen LogP contribution >= 0.6 is 36.1 Å². The van der Waals surface area contributed by atoms with Crippen molar-refractivity contribution in [3.05, 3.63) is 69.8 Å². The van der Waals surface area contributed by atoms with Gasteiger partial charge in [0.05, 0.1) is 0 Å². The maximum absolute atomic E-state index is 2.45. The number of rotatable bonds is 2. The molecule has 3 heteroatoms. The zero-order chi connectivity index (χ0) is 19.0. The van der Waals surface area contributed by atoms with Crippen molar-refractivity contribution in [2.45, 2.75) is 54.4 Å². The van der Waals surface area contributed by atoms with Crippen molar-refractivity contribution in [1.82, 2.24) is 0 Å². The van der Waals surface area contributed by atoms with E-state index in [1.54, 1.807) is 5.56 Å². The average Bonchev–Trinajstić information content (AvgIpc) is 3.05. The summed E-state index contributed by atoms with van der Waals surface area (Å²) in [6, 6.07) is 12.8. The van der Waals surface area contributed by atoms with Gasteiger partial charge in [-0.25, -0.2) is 0 Å². The van der Waals surface area contributed by atoms with Crippen LogP contribution in [0.15, 0.2) is 36.4 Å². The van der Waals surface area contributed by atoms with E-state index < -0.39 is 0 Å². The van der Waals surface area contributed by atoms with Crippen LogP contribution in [0.3, 0.4) is 0 Å². The van der Waals surface area contributed by atoms with Crippen LogP contribution in [0.5, 0.6) is 0 Å². The van der Waals surface area contributed by atoms with Crippen molar-refractivity contribution in [3.8, 4) is 0 Å². The third-order valence-electron chi connectivity index (χ3n) is 4.86. The molecule has 0 saturated heterocycles. The Morgan fingerprint density at radius 1 is 1.04 bits per heavy atom. The Balaban J connectivity index is 0.000000218. The van der Waals surface area contributed by atoms with Gasteiger partial charge in [-0.2, -0.15) is 33.9 Å². The summed E-state index contributed by atoms with van der Waals surface area (Å²) in [5, 5.41) is 2.69. The normalized spacial score (nSPS) is 9.76. The zero-order valence-corrected chi connectivity index (χ0v) is 22.9. The molecule has 0 heterocycles. The van der Waals surface area contributed by atoms with E-state index in [0.29, 0.717) is 0 Å². The van der Waals surface area contributed by atoms with Crippen LogP contribution < -0.4 is 0 Å². The molecule has 0 saturated carbocycles. The van der Waals surface area contributed by atoms with Gasteiger partial charge < -0.3 is 0 Å². The number of fused-ring (bicyclic) bond motifs is 1. The predicted molar refractivity (Wildman–Crippen MR) is 127 cm³/mol. The summed E-state index contributed by atoms with van der Waals surface area (Å²) in [6.45, 7) is 13.3. The number of aryl methyl sites for hydroxylation is 1. The van der Waals surface area contributed by atoms with Gasteiger partial charge in [-0.3, -0.25) is 0 Å². The van der Waals surface area contributed by atoms with Crippen LogP contribution in [-0.2, 0) is 21.3 Å². The number of hydrogen-bond acceptors (Lipinski definition) is 0. The second-order valence-electron chi connectivity index (χ2n) is 6.46. The predicted octanol–water partition coefficient (Wildman–Crippen LogP) is 8.23. The summed E-state index contributed by atoms with van der Waals surface area (Å²) in [6.07, 6.45) is 2.50. The molecule has 0 aliphatic rings. The third-order valence-corrected chi connectivity index (χ3v) is 4.86. The Morgan fingerprint density at radius 2 is 1.64 bits per heavy atom. The van der Waals surface area contributed by atoms with Gasteiger partial charge in [0.1, 0.15) is 0 Å². The van der Waals surface area contributed by atoms with Gasteiger partial charge in [-0.05, 0) is 0 Å². The molecule has 3 rings (SSSR count). The Kier molecular flexibility index (Phi) is 11.4. The van der Waals surface area contributed by atoms with Gasteiger partial charge in [0.25, 0.3) is 0 Å². The fraction of sp³-hybridized carbons (Fsp3) is 0.364. The third kappa shape index (κ3) is 6.88. The molecule has 3 aromatic rings. The van der Waals surface area contributed by atoms with Crippen LogP contribution in [-0.4, -0.2) is 0 Å². The molecule has 134 valence electrons. The molecule has 0 aliphatic heterocycles. The monoisotopic (exact) mass is 636 g/mol. The van der Waals surface area contributed by atoms with Crippen molar-refractivity contribution in [3.63, 3.8) is 0 Å². The van der Waals surface area contributed by atoms with Gasteiger partial charge in [0.2, 0.25) is 0 Å². The van der Waals surface area contributed by atoms with Crippen LogP contribution in [0, 0.1) is 34.6 Å². The molecule has 0 aliphatic carbocycles. The van der Waals surface area contributed by atoms with Crippen molar-refractivity contribution < 1.29 is 14.9 Å². The Bertz CT molecular complexity index is 722. The summed E-state index contributed by atoms with van der Waals surface area (Å²) in [4.78, 5) is 0. The first kappa shape index (κ1) is 23.6. The van der Waals surface area contributed by atoms with Crippen LogP contribution in [0.1, 0.15) is 46.7 Å². The van der Waals surface area contributed by atoms with Gasteiger partial charge in [-0.15, -0.1) is 40.6 Å². The second-order valence-corrected chi connectivity index (χ2v) is 25.4. The van der Waals surface area contributed by atoms with E-state index in [4.69, 9.17) is 0 Å². The van der Waals surface area contributed by atoms with Crippen LogP contribution in [0.4, 0.5) is 0 Å². The topological polar surface area (TPSA) is 0 Å². The van der Waals surface area contributed by atoms with Gasteiger partial charge >= 0.3 is 50.9 Å². The standard InChI is InChI=1S/C12H19.C10H9.2HI.Zr/c1-6-7-12-10(4)8(2)9(3)11(12)5;1-8-6-9-4-2-3-5-10(9)7-8;;;/h6-7H2,1-5H3;2-7H,1H3;2*1H;/q2*-1;;;+4/p-2. The van der Waals surface area contributed by atoms with E-state index in [0.717, 1.165) is 0 Å². The summed E-state index contributed by atoms with van der Waals surface area (Å²) in [7, 11) is 0. The summed E-state index contributed by atoms with van der Waals surface area (Å²) >= 11 is 5.06. The number of benzene rings is 1. The van der Waals surface area contributed by atoms with E-state index in [1.165, 1.54) is 51.4 Å². The number of hydrogen-bond donors (Lipinski definition) is 0. The van der Waals surface area contributed by atoms with E-state index >= 15 is 0 Å². The Labute approximate surface area is 183 Å². The zero-order valence-electron chi connectivity index (χ0n) is 16.1. The van der Waals surface area contributed by atoms with Crippen molar-refractivity contribution in [2.75, 3.05) is 0 Å². The molecular weight excluding hydrogens is 609 g/mol. The van der Waals surface area contributed by atoms with Gasteiger partial charge in [-0.1, -0.05) is 60.5 Å². The molecule has 3 aromatic carbocycles. The molecule has 0 nitrogen and oxygen atoms in total. The molecule has 0 spiro atoms. The average molecular weight is 637 g/mol. The van der Waals surface area contributed by atoms with E-state index in [9.17, 15) is 0 Å². The van der Waals surface area contributed by atoms with Gasteiger partial charge in [0, 0.05) is 0 Å². The molecule has 25 heavy (non-hydrogen) atoms. The molecule has 0 aromatic heterocycles. The summed E-state index contributed by atoms with van der Waals surface area (Å²) in [5.74, 6) is 0. The van der Waals surface area contributed by atoms with Crippen LogP contribution in [0.25, 0.3) is 10.8 Å².